The van der Waals surface area contributed by atoms with Gasteiger partial charge in [-0.15, -0.1) is 0 Å². The van der Waals surface area contributed by atoms with Crippen molar-refractivity contribution in [2.24, 2.45) is 5.92 Å². The first-order valence-corrected chi connectivity index (χ1v) is 7.31. The fraction of sp³-hybridized carbons (Fsp3) is 0.500. The molecule has 0 amide bonds. The minimum Gasteiger partial charge on any atom is -0.481 e. The Balaban J connectivity index is 2.29. The monoisotopic (exact) mass is 326 g/mol. The Bertz CT molecular complexity index is 453. The number of nitrogens with zero attached hydrogens (tertiary/aromatic N) is 1. The van der Waals surface area contributed by atoms with E-state index >= 15 is 0 Å². The highest BCUT2D eigenvalue weighted by Gasteiger charge is 2.27. The third-order valence-corrected chi connectivity index (χ3v) is 4.06. The number of para-hydroxylation sites is 1. The number of benzene rings is 1. The van der Waals surface area contributed by atoms with Gasteiger partial charge < -0.3 is 15.3 Å². The van der Waals surface area contributed by atoms with Crippen LogP contribution in [0.15, 0.2) is 28.7 Å². The standard InChI is InChI=1S/C14H19BrN2O2/c1-10-7-16-8-11(6-14(18)19)17(9-10)13-5-3-2-4-12(13)15/h2-5,10-11,16H,6-9H2,1H3,(H,18,19). The zero-order valence-corrected chi connectivity index (χ0v) is 12.6. The molecule has 1 aliphatic rings. The van der Waals surface area contributed by atoms with Gasteiger partial charge in [0, 0.05) is 17.6 Å². The summed E-state index contributed by atoms with van der Waals surface area (Å²) in [5, 5.41) is 12.4. The van der Waals surface area contributed by atoms with Gasteiger partial charge in [-0.25, -0.2) is 0 Å². The van der Waals surface area contributed by atoms with E-state index in [1.165, 1.54) is 0 Å². The Hall–Kier alpha value is -1.07. The predicted octanol–water partition coefficient (Wildman–Crippen LogP) is 2.34. The Morgan fingerprint density at radius 2 is 2.21 bits per heavy atom. The number of aliphatic carboxylic acids is 1. The van der Waals surface area contributed by atoms with E-state index in [1.807, 2.05) is 24.3 Å². The van der Waals surface area contributed by atoms with Gasteiger partial charge in [0.15, 0.2) is 0 Å². The normalized spacial score (nSPS) is 24.0. The van der Waals surface area contributed by atoms with Crippen molar-refractivity contribution < 1.29 is 9.90 Å². The molecule has 2 unspecified atom stereocenters. The number of anilines is 1. The van der Waals surface area contributed by atoms with Gasteiger partial charge in [-0.3, -0.25) is 4.79 Å². The number of carboxylic acids is 1. The number of rotatable bonds is 3. The molecule has 1 aromatic rings. The highest BCUT2D eigenvalue weighted by molar-refractivity contribution is 9.10. The van der Waals surface area contributed by atoms with E-state index in [4.69, 9.17) is 5.11 Å². The van der Waals surface area contributed by atoms with Crippen LogP contribution in [0, 0.1) is 5.92 Å². The maximum atomic E-state index is 11.1. The molecule has 5 heteroatoms. The average molecular weight is 327 g/mol. The van der Waals surface area contributed by atoms with E-state index < -0.39 is 5.97 Å². The van der Waals surface area contributed by atoms with Crippen LogP contribution in [0.5, 0.6) is 0 Å². The number of halogens is 1. The fourth-order valence-corrected chi connectivity index (χ4v) is 3.03. The molecule has 0 spiro atoms. The van der Waals surface area contributed by atoms with Gasteiger partial charge in [0.1, 0.15) is 0 Å². The maximum absolute atomic E-state index is 11.1. The highest BCUT2D eigenvalue weighted by Crippen LogP contribution is 2.29. The van der Waals surface area contributed by atoms with Crippen LogP contribution in [0.25, 0.3) is 0 Å². The second kappa shape index (κ2) is 6.39. The molecule has 2 atom stereocenters. The van der Waals surface area contributed by atoms with E-state index in [-0.39, 0.29) is 12.5 Å². The van der Waals surface area contributed by atoms with Crippen LogP contribution in [0.2, 0.25) is 0 Å². The summed E-state index contributed by atoms with van der Waals surface area (Å²) in [5.74, 6) is -0.260. The Kier molecular flexibility index (Phi) is 4.82. The van der Waals surface area contributed by atoms with Crippen molar-refractivity contribution in [2.75, 3.05) is 24.5 Å². The van der Waals surface area contributed by atoms with Crippen molar-refractivity contribution in [1.82, 2.24) is 5.32 Å². The van der Waals surface area contributed by atoms with Crippen LogP contribution >= 0.6 is 15.9 Å². The van der Waals surface area contributed by atoms with Crippen molar-refractivity contribution in [3.63, 3.8) is 0 Å². The molecule has 0 saturated carbocycles. The van der Waals surface area contributed by atoms with Crippen molar-refractivity contribution in [1.29, 1.82) is 0 Å². The van der Waals surface area contributed by atoms with E-state index in [2.05, 4.69) is 33.1 Å². The molecule has 1 heterocycles. The number of carboxylic acid groups (broad SMARTS) is 1. The second-order valence-electron chi connectivity index (χ2n) is 5.12. The van der Waals surface area contributed by atoms with E-state index in [0.717, 1.165) is 23.2 Å². The molecule has 104 valence electrons. The van der Waals surface area contributed by atoms with E-state index in [1.54, 1.807) is 0 Å². The van der Waals surface area contributed by atoms with Gasteiger partial charge in [0.05, 0.1) is 18.2 Å². The van der Waals surface area contributed by atoms with Gasteiger partial charge in [0.25, 0.3) is 0 Å². The lowest BCUT2D eigenvalue weighted by molar-refractivity contribution is -0.137. The van der Waals surface area contributed by atoms with Crippen LogP contribution in [0.1, 0.15) is 13.3 Å². The molecule has 0 aromatic heterocycles. The zero-order chi connectivity index (χ0) is 13.8. The topological polar surface area (TPSA) is 52.6 Å². The Morgan fingerprint density at radius 3 is 2.89 bits per heavy atom. The van der Waals surface area contributed by atoms with Crippen molar-refractivity contribution >= 4 is 27.6 Å². The zero-order valence-electron chi connectivity index (χ0n) is 11.0. The van der Waals surface area contributed by atoms with Crippen molar-refractivity contribution in [3.8, 4) is 0 Å². The van der Waals surface area contributed by atoms with Crippen molar-refractivity contribution in [3.05, 3.63) is 28.7 Å². The lowest BCUT2D eigenvalue weighted by Crippen LogP contribution is -2.42. The molecule has 1 aromatic carbocycles. The lowest BCUT2D eigenvalue weighted by Gasteiger charge is -2.32. The van der Waals surface area contributed by atoms with Gasteiger partial charge in [0.2, 0.25) is 0 Å². The number of carbonyl (C=O) groups is 1. The van der Waals surface area contributed by atoms with E-state index in [9.17, 15) is 4.79 Å². The molecule has 1 aliphatic heterocycles. The largest absolute Gasteiger partial charge is 0.481 e. The molecule has 1 fully saturated rings. The molecular formula is C14H19BrN2O2. The maximum Gasteiger partial charge on any atom is 0.305 e. The summed E-state index contributed by atoms with van der Waals surface area (Å²) in [4.78, 5) is 13.3. The fourth-order valence-electron chi connectivity index (χ4n) is 2.52. The Labute approximate surface area is 121 Å². The SMILES string of the molecule is CC1CNCC(CC(=O)O)N(c2ccccc2Br)C1. The molecule has 0 radical (unpaired) electrons. The summed E-state index contributed by atoms with van der Waals surface area (Å²) in [6.45, 7) is 4.68. The first kappa shape index (κ1) is 14.3. The smallest absolute Gasteiger partial charge is 0.305 e. The highest BCUT2D eigenvalue weighted by atomic mass is 79.9. The van der Waals surface area contributed by atoms with Gasteiger partial charge in [-0.2, -0.15) is 0 Å². The molecule has 2 rings (SSSR count). The first-order valence-electron chi connectivity index (χ1n) is 6.51. The molecule has 4 nitrogen and oxygen atoms in total. The van der Waals surface area contributed by atoms with Crippen LogP contribution in [0.3, 0.4) is 0 Å². The summed E-state index contributed by atoms with van der Waals surface area (Å²) < 4.78 is 1.01. The van der Waals surface area contributed by atoms with Crippen LogP contribution in [0.4, 0.5) is 5.69 Å². The molecule has 1 saturated heterocycles. The lowest BCUT2D eigenvalue weighted by atomic mass is 10.1. The predicted molar refractivity (Wildman–Crippen MR) is 79.6 cm³/mol. The van der Waals surface area contributed by atoms with Crippen LogP contribution in [-0.2, 0) is 4.79 Å². The van der Waals surface area contributed by atoms with Crippen molar-refractivity contribution in [2.45, 2.75) is 19.4 Å². The van der Waals surface area contributed by atoms with E-state index in [0.29, 0.717) is 12.5 Å². The van der Waals surface area contributed by atoms with Crippen LogP contribution < -0.4 is 10.2 Å². The summed E-state index contributed by atoms with van der Waals surface area (Å²) in [7, 11) is 0. The quantitative estimate of drug-likeness (QED) is 0.895. The molecule has 2 N–H and O–H groups in total. The summed E-state index contributed by atoms with van der Waals surface area (Å²) >= 11 is 3.56. The number of hydrogen-bond donors (Lipinski definition) is 2. The summed E-state index contributed by atoms with van der Waals surface area (Å²) in [5.41, 5.74) is 1.07. The van der Waals surface area contributed by atoms with Crippen LogP contribution in [-0.4, -0.2) is 36.8 Å². The summed E-state index contributed by atoms with van der Waals surface area (Å²) in [6, 6.07) is 7.98. The third-order valence-electron chi connectivity index (χ3n) is 3.39. The second-order valence-corrected chi connectivity index (χ2v) is 5.97. The first-order chi connectivity index (χ1) is 9.08. The molecule has 0 aliphatic carbocycles. The Morgan fingerprint density at radius 1 is 1.47 bits per heavy atom. The molecular weight excluding hydrogens is 308 g/mol. The van der Waals surface area contributed by atoms with Gasteiger partial charge >= 0.3 is 5.97 Å². The summed E-state index contributed by atoms with van der Waals surface area (Å²) in [6.07, 6.45) is 0.154. The molecule has 19 heavy (non-hydrogen) atoms. The average Bonchev–Trinajstić information content (AvgIpc) is 2.52. The third kappa shape index (κ3) is 3.70. The van der Waals surface area contributed by atoms with Gasteiger partial charge in [-0.1, -0.05) is 19.1 Å². The number of hydrogen-bond acceptors (Lipinski definition) is 3. The minimum atomic E-state index is -0.751. The number of nitrogens with one attached hydrogen (secondary N) is 1. The van der Waals surface area contributed by atoms with Gasteiger partial charge in [-0.05, 0) is 40.5 Å². The minimum absolute atomic E-state index is 0.0128. The molecule has 0 bridgehead atoms.